The SMILES string of the molecule is CCCCCc1ccccc1C(c1ccccc1CCCCC)(C1CCC(OC(N)=O)CC1)C1CCC(OC(N)=O)CC1. The van der Waals surface area contributed by atoms with Crippen molar-refractivity contribution in [3.63, 3.8) is 0 Å². The number of carbonyl (C=O) groups excluding carboxylic acids is 2. The molecule has 0 bridgehead atoms. The Labute approximate surface area is 259 Å². The predicted octanol–water partition coefficient (Wildman–Crippen LogP) is 8.75. The van der Waals surface area contributed by atoms with Gasteiger partial charge in [0.1, 0.15) is 12.2 Å². The van der Waals surface area contributed by atoms with Crippen molar-refractivity contribution in [2.75, 3.05) is 0 Å². The van der Waals surface area contributed by atoms with E-state index < -0.39 is 12.2 Å². The minimum absolute atomic E-state index is 0.120. The number of primary amides is 2. The van der Waals surface area contributed by atoms with Crippen molar-refractivity contribution in [2.45, 2.75) is 134 Å². The molecule has 0 aromatic heterocycles. The van der Waals surface area contributed by atoms with Crippen LogP contribution >= 0.6 is 0 Å². The quantitative estimate of drug-likeness (QED) is 0.215. The second-order valence-corrected chi connectivity index (χ2v) is 12.9. The first-order valence-electron chi connectivity index (χ1n) is 17.0. The first-order chi connectivity index (χ1) is 20.9. The Morgan fingerprint density at radius 2 is 1.00 bits per heavy atom. The van der Waals surface area contributed by atoms with Crippen LogP contribution in [0.5, 0.6) is 0 Å². The van der Waals surface area contributed by atoms with E-state index in [1.165, 1.54) is 60.8 Å². The molecule has 6 heteroatoms. The molecule has 0 aliphatic heterocycles. The van der Waals surface area contributed by atoms with Crippen molar-refractivity contribution in [1.29, 1.82) is 0 Å². The van der Waals surface area contributed by atoms with E-state index in [9.17, 15) is 9.59 Å². The molecule has 4 N–H and O–H groups in total. The molecule has 2 aromatic rings. The zero-order chi connectivity index (χ0) is 30.7. The summed E-state index contributed by atoms with van der Waals surface area (Å²) >= 11 is 0. The summed E-state index contributed by atoms with van der Waals surface area (Å²) in [7, 11) is 0. The Balaban J connectivity index is 1.87. The van der Waals surface area contributed by atoms with E-state index in [1.54, 1.807) is 0 Å². The lowest BCUT2D eigenvalue weighted by molar-refractivity contribution is 0.0274. The van der Waals surface area contributed by atoms with Gasteiger partial charge in [-0.05, 0) is 111 Å². The van der Waals surface area contributed by atoms with Gasteiger partial charge in [-0.25, -0.2) is 9.59 Å². The molecule has 2 aliphatic rings. The van der Waals surface area contributed by atoms with E-state index in [0.717, 1.165) is 64.2 Å². The van der Waals surface area contributed by atoms with E-state index in [4.69, 9.17) is 20.9 Å². The average molecular weight is 591 g/mol. The molecule has 2 amide bonds. The minimum Gasteiger partial charge on any atom is -0.446 e. The summed E-state index contributed by atoms with van der Waals surface area (Å²) in [6.45, 7) is 4.53. The molecule has 236 valence electrons. The number of ether oxygens (including phenoxy) is 2. The highest BCUT2D eigenvalue weighted by Gasteiger charge is 2.51. The molecule has 4 rings (SSSR count). The second-order valence-electron chi connectivity index (χ2n) is 12.9. The predicted molar refractivity (Wildman–Crippen MR) is 173 cm³/mol. The molecule has 0 spiro atoms. The van der Waals surface area contributed by atoms with Crippen LogP contribution in [-0.4, -0.2) is 24.4 Å². The topological polar surface area (TPSA) is 105 Å². The maximum absolute atomic E-state index is 11.6. The maximum atomic E-state index is 11.6. The Morgan fingerprint density at radius 3 is 1.35 bits per heavy atom. The number of aryl methyl sites for hydroxylation is 2. The van der Waals surface area contributed by atoms with Gasteiger partial charge in [-0.15, -0.1) is 0 Å². The molecular formula is C37H54N2O4. The molecule has 0 saturated heterocycles. The van der Waals surface area contributed by atoms with Crippen LogP contribution in [0.4, 0.5) is 9.59 Å². The summed E-state index contributed by atoms with van der Waals surface area (Å²) in [5.41, 5.74) is 16.6. The number of hydrogen-bond acceptors (Lipinski definition) is 4. The van der Waals surface area contributed by atoms with Gasteiger partial charge in [0, 0.05) is 5.41 Å². The van der Waals surface area contributed by atoms with Crippen molar-refractivity contribution in [3.05, 3.63) is 70.8 Å². The zero-order valence-corrected chi connectivity index (χ0v) is 26.5. The van der Waals surface area contributed by atoms with Gasteiger partial charge in [-0.2, -0.15) is 0 Å². The van der Waals surface area contributed by atoms with Crippen LogP contribution in [-0.2, 0) is 27.7 Å². The summed E-state index contributed by atoms with van der Waals surface area (Å²) < 4.78 is 11.0. The van der Waals surface area contributed by atoms with Crippen molar-refractivity contribution in [3.8, 4) is 0 Å². The first kappa shape index (κ1) is 32.9. The van der Waals surface area contributed by atoms with E-state index in [2.05, 4.69) is 62.4 Å². The van der Waals surface area contributed by atoms with Crippen LogP contribution in [0.3, 0.4) is 0 Å². The van der Waals surface area contributed by atoms with Crippen LogP contribution in [0.2, 0.25) is 0 Å². The highest BCUT2D eigenvalue weighted by atomic mass is 16.6. The molecular weight excluding hydrogens is 536 g/mol. The first-order valence-corrected chi connectivity index (χ1v) is 17.0. The maximum Gasteiger partial charge on any atom is 0.404 e. The third kappa shape index (κ3) is 8.13. The van der Waals surface area contributed by atoms with Gasteiger partial charge < -0.3 is 20.9 Å². The second kappa shape index (κ2) is 16.2. The van der Waals surface area contributed by atoms with Gasteiger partial charge in [0.05, 0.1) is 0 Å². The van der Waals surface area contributed by atoms with Crippen LogP contribution in [0.1, 0.15) is 126 Å². The standard InChI is InChI=1S/C37H54N2O4/c1-3-5-7-13-27-15-9-11-17-33(27)37(29-19-23-31(24-20-29)42-35(38)40,30-21-25-32(26-22-30)43-36(39)41)34-18-12-10-16-28(34)14-8-6-4-2/h9-12,15-18,29-32H,3-8,13-14,19-26H2,1-2H3,(H2,38,40)(H2,39,41). The Morgan fingerprint density at radius 1 is 0.628 bits per heavy atom. The smallest absolute Gasteiger partial charge is 0.404 e. The van der Waals surface area contributed by atoms with Gasteiger partial charge in [0.2, 0.25) is 0 Å². The van der Waals surface area contributed by atoms with Crippen molar-refractivity contribution in [2.24, 2.45) is 23.3 Å². The minimum atomic E-state index is -0.676. The Kier molecular flexibility index (Phi) is 12.4. The number of amides is 2. The molecule has 2 aliphatic carbocycles. The molecule has 2 aromatic carbocycles. The summed E-state index contributed by atoms with van der Waals surface area (Å²) in [6.07, 6.45) is 15.0. The van der Waals surface area contributed by atoms with Gasteiger partial charge in [-0.3, -0.25) is 0 Å². The zero-order valence-electron chi connectivity index (χ0n) is 26.5. The molecule has 2 fully saturated rings. The highest BCUT2D eigenvalue weighted by molar-refractivity contribution is 5.65. The lowest BCUT2D eigenvalue weighted by atomic mass is 9.51. The van der Waals surface area contributed by atoms with Gasteiger partial charge in [0.15, 0.2) is 0 Å². The van der Waals surface area contributed by atoms with Crippen molar-refractivity contribution in [1.82, 2.24) is 0 Å². The fourth-order valence-electron chi connectivity index (χ4n) is 8.37. The summed E-state index contributed by atoms with van der Waals surface area (Å²) in [4.78, 5) is 23.3. The Bertz CT molecular complexity index is 1070. The third-order valence-corrected chi connectivity index (χ3v) is 10.2. The van der Waals surface area contributed by atoms with Crippen LogP contribution in [0.15, 0.2) is 48.5 Å². The average Bonchev–Trinajstić information content (AvgIpc) is 3.00. The summed E-state index contributed by atoms with van der Waals surface area (Å²) in [6, 6.07) is 18.4. The molecule has 0 atom stereocenters. The van der Waals surface area contributed by atoms with E-state index in [-0.39, 0.29) is 17.6 Å². The van der Waals surface area contributed by atoms with Crippen molar-refractivity contribution < 1.29 is 19.1 Å². The fourth-order valence-corrected chi connectivity index (χ4v) is 8.37. The number of rotatable bonds is 14. The van der Waals surface area contributed by atoms with Gasteiger partial charge >= 0.3 is 12.2 Å². The third-order valence-electron chi connectivity index (χ3n) is 10.2. The molecule has 43 heavy (non-hydrogen) atoms. The number of benzene rings is 2. The normalized spacial score (nSPS) is 22.6. The number of unbranched alkanes of at least 4 members (excludes halogenated alkanes) is 4. The molecule has 0 heterocycles. The number of nitrogens with two attached hydrogens (primary N) is 2. The molecule has 2 saturated carbocycles. The lowest BCUT2D eigenvalue weighted by Crippen LogP contribution is -2.49. The highest BCUT2D eigenvalue weighted by Crippen LogP contribution is 2.56. The monoisotopic (exact) mass is 590 g/mol. The van der Waals surface area contributed by atoms with E-state index in [0.29, 0.717) is 11.8 Å². The van der Waals surface area contributed by atoms with Crippen LogP contribution < -0.4 is 11.5 Å². The molecule has 6 nitrogen and oxygen atoms in total. The van der Waals surface area contributed by atoms with E-state index >= 15 is 0 Å². The summed E-state index contributed by atoms with van der Waals surface area (Å²) in [5.74, 6) is 0.775. The number of hydrogen-bond donors (Lipinski definition) is 2. The lowest BCUT2D eigenvalue weighted by Gasteiger charge is -2.53. The summed E-state index contributed by atoms with van der Waals surface area (Å²) in [5, 5.41) is 0. The molecule has 0 unspecified atom stereocenters. The van der Waals surface area contributed by atoms with E-state index in [1.807, 2.05) is 0 Å². The van der Waals surface area contributed by atoms with Gasteiger partial charge in [0.25, 0.3) is 0 Å². The Hall–Kier alpha value is -3.02. The molecule has 0 radical (unpaired) electrons. The number of carbonyl (C=O) groups is 2. The van der Waals surface area contributed by atoms with Gasteiger partial charge in [-0.1, -0.05) is 88.1 Å². The van der Waals surface area contributed by atoms with Crippen LogP contribution in [0, 0.1) is 11.8 Å². The van der Waals surface area contributed by atoms with Crippen LogP contribution in [0.25, 0.3) is 0 Å². The fraction of sp³-hybridized carbons (Fsp3) is 0.622. The largest absolute Gasteiger partial charge is 0.446 e. The van der Waals surface area contributed by atoms with Crippen molar-refractivity contribution >= 4 is 12.2 Å².